The van der Waals surface area contributed by atoms with Gasteiger partial charge in [0, 0.05) is 36.9 Å². The topological polar surface area (TPSA) is 75.3 Å². The van der Waals surface area contributed by atoms with Crippen molar-refractivity contribution in [1.29, 1.82) is 0 Å². The van der Waals surface area contributed by atoms with Gasteiger partial charge in [0.05, 0.1) is 0 Å². The summed E-state index contributed by atoms with van der Waals surface area (Å²) in [6, 6.07) is 4.34. The summed E-state index contributed by atoms with van der Waals surface area (Å²) >= 11 is 0. The van der Waals surface area contributed by atoms with Crippen LogP contribution in [0.4, 0.5) is 11.6 Å². The van der Waals surface area contributed by atoms with Crippen LogP contribution in [-0.2, 0) is 12.8 Å². The third-order valence-electron chi connectivity index (χ3n) is 5.22. The lowest BCUT2D eigenvalue weighted by Gasteiger charge is -2.41. The summed E-state index contributed by atoms with van der Waals surface area (Å²) < 4.78 is 1.73. The third kappa shape index (κ3) is 2.40. The number of hydrogen-bond acceptors (Lipinski definition) is 7. The number of fused-ring (bicyclic) bond motifs is 2. The van der Waals surface area contributed by atoms with E-state index >= 15 is 0 Å². The zero-order valence-corrected chi connectivity index (χ0v) is 14.2. The molecule has 8 heteroatoms. The summed E-state index contributed by atoms with van der Waals surface area (Å²) in [5.41, 5.74) is 3.36. The van der Waals surface area contributed by atoms with Gasteiger partial charge in [-0.1, -0.05) is 0 Å². The Morgan fingerprint density at radius 3 is 3.00 bits per heavy atom. The Morgan fingerprint density at radius 1 is 1.12 bits per heavy atom. The lowest BCUT2D eigenvalue weighted by molar-refractivity contribution is 0.538. The number of anilines is 2. The van der Waals surface area contributed by atoms with Gasteiger partial charge in [0.25, 0.3) is 0 Å². The molecule has 1 aliphatic heterocycles. The molecule has 128 valence electrons. The highest BCUT2D eigenvalue weighted by Gasteiger charge is 2.28. The highest BCUT2D eigenvalue weighted by Crippen LogP contribution is 2.30. The van der Waals surface area contributed by atoms with Crippen LogP contribution in [0.1, 0.15) is 24.6 Å². The Bertz CT molecular complexity index is 920. The number of hydrogen-bond donors (Lipinski definition) is 0. The number of rotatable bonds is 2. The maximum Gasteiger partial charge on any atom is 0.177 e. The second-order valence-electron chi connectivity index (χ2n) is 6.79. The van der Waals surface area contributed by atoms with Crippen LogP contribution >= 0.6 is 0 Å². The van der Waals surface area contributed by atoms with Gasteiger partial charge >= 0.3 is 0 Å². The van der Waals surface area contributed by atoms with E-state index in [4.69, 9.17) is 0 Å². The van der Waals surface area contributed by atoms with E-state index in [2.05, 4.69) is 42.0 Å². The van der Waals surface area contributed by atoms with Gasteiger partial charge < -0.3 is 9.80 Å². The Kier molecular flexibility index (Phi) is 3.29. The molecular weight excluding hydrogens is 316 g/mol. The maximum absolute atomic E-state index is 4.64. The standard InChI is InChI=1S/C17H20N8/c1-12-9-23(17-13-3-2-4-14(13)18-10-19-17)7-8-24(12)16-6-5-15-21-20-11-25(15)22-16/h5-6,10-12H,2-4,7-9H2,1H3/t12-/m1/s1. The van der Waals surface area contributed by atoms with Gasteiger partial charge in [0.2, 0.25) is 0 Å². The molecule has 1 aliphatic carbocycles. The molecule has 2 aliphatic rings. The number of nitrogens with zero attached hydrogens (tertiary/aromatic N) is 8. The van der Waals surface area contributed by atoms with Gasteiger partial charge in [-0.15, -0.1) is 15.3 Å². The van der Waals surface area contributed by atoms with Crippen LogP contribution in [0.5, 0.6) is 0 Å². The summed E-state index contributed by atoms with van der Waals surface area (Å²) in [7, 11) is 0. The Balaban J connectivity index is 1.39. The molecular formula is C17H20N8. The summed E-state index contributed by atoms with van der Waals surface area (Å²) in [6.45, 7) is 5.03. The van der Waals surface area contributed by atoms with Crippen LogP contribution in [0, 0.1) is 0 Å². The van der Waals surface area contributed by atoms with Crippen molar-refractivity contribution in [1.82, 2.24) is 29.8 Å². The predicted molar refractivity (Wildman–Crippen MR) is 93.9 cm³/mol. The second kappa shape index (κ2) is 5.65. The molecule has 1 saturated heterocycles. The molecule has 1 atom stereocenters. The molecule has 3 aromatic heterocycles. The van der Waals surface area contributed by atoms with Gasteiger partial charge in [0.15, 0.2) is 5.65 Å². The van der Waals surface area contributed by atoms with Crippen molar-refractivity contribution in [2.75, 3.05) is 29.4 Å². The van der Waals surface area contributed by atoms with Crippen LogP contribution in [0.2, 0.25) is 0 Å². The Morgan fingerprint density at radius 2 is 2.08 bits per heavy atom. The summed E-state index contributed by atoms with van der Waals surface area (Å²) in [4.78, 5) is 13.8. The Hall–Kier alpha value is -2.77. The third-order valence-corrected chi connectivity index (χ3v) is 5.22. The van der Waals surface area contributed by atoms with E-state index in [0.29, 0.717) is 6.04 Å². The molecule has 0 amide bonds. The fourth-order valence-corrected chi connectivity index (χ4v) is 3.98. The van der Waals surface area contributed by atoms with E-state index in [1.807, 2.05) is 12.1 Å². The van der Waals surface area contributed by atoms with Crippen LogP contribution in [0.25, 0.3) is 5.65 Å². The molecule has 0 radical (unpaired) electrons. The number of aryl methyl sites for hydroxylation is 1. The van der Waals surface area contributed by atoms with Gasteiger partial charge in [0.1, 0.15) is 24.3 Å². The SMILES string of the molecule is C[C@@H]1CN(c2ncnc3c2CCC3)CCN1c1ccc2nncn2n1. The number of aromatic nitrogens is 6. The van der Waals surface area contributed by atoms with E-state index in [9.17, 15) is 0 Å². The molecule has 4 heterocycles. The lowest BCUT2D eigenvalue weighted by Crippen LogP contribution is -2.53. The number of piperazine rings is 1. The molecule has 1 fully saturated rings. The largest absolute Gasteiger partial charge is 0.352 e. The van der Waals surface area contributed by atoms with Crippen molar-refractivity contribution >= 4 is 17.3 Å². The average Bonchev–Trinajstić information content (AvgIpc) is 3.29. The first kappa shape index (κ1) is 14.6. The fourth-order valence-electron chi connectivity index (χ4n) is 3.98. The molecule has 3 aromatic rings. The maximum atomic E-state index is 4.64. The first-order valence-corrected chi connectivity index (χ1v) is 8.81. The second-order valence-corrected chi connectivity index (χ2v) is 6.79. The lowest BCUT2D eigenvalue weighted by atomic mass is 10.1. The summed E-state index contributed by atoms with van der Waals surface area (Å²) in [6.07, 6.45) is 6.75. The minimum atomic E-state index is 0.349. The van der Waals surface area contributed by atoms with Crippen LogP contribution in [0.15, 0.2) is 24.8 Å². The molecule has 8 nitrogen and oxygen atoms in total. The van der Waals surface area contributed by atoms with Crippen molar-refractivity contribution < 1.29 is 0 Å². The smallest absolute Gasteiger partial charge is 0.177 e. The normalized spacial score (nSPS) is 20.3. The molecule has 0 aromatic carbocycles. The van der Waals surface area contributed by atoms with Gasteiger partial charge in [-0.3, -0.25) is 0 Å². The fraction of sp³-hybridized carbons (Fsp3) is 0.471. The minimum Gasteiger partial charge on any atom is -0.352 e. The Labute approximate surface area is 145 Å². The molecule has 0 N–H and O–H groups in total. The van der Waals surface area contributed by atoms with Crippen LogP contribution in [0.3, 0.4) is 0 Å². The van der Waals surface area contributed by atoms with E-state index < -0.39 is 0 Å². The molecule has 25 heavy (non-hydrogen) atoms. The van der Waals surface area contributed by atoms with Crippen molar-refractivity contribution in [2.24, 2.45) is 0 Å². The molecule has 0 unspecified atom stereocenters. The first-order chi connectivity index (χ1) is 12.3. The monoisotopic (exact) mass is 336 g/mol. The zero-order chi connectivity index (χ0) is 16.8. The van der Waals surface area contributed by atoms with E-state index in [0.717, 1.165) is 49.8 Å². The zero-order valence-electron chi connectivity index (χ0n) is 14.2. The van der Waals surface area contributed by atoms with Crippen molar-refractivity contribution in [3.05, 3.63) is 36.0 Å². The van der Waals surface area contributed by atoms with Gasteiger partial charge in [-0.25, -0.2) is 9.97 Å². The minimum absolute atomic E-state index is 0.349. The van der Waals surface area contributed by atoms with E-state index in [-0.39, 0.29) is 0 Å². The van der Waals surface area contributed by atoms with Gasteiger partial charge in [-0.2, -0.15) is 4.52 Å². The van der Waals surface area contributed by atoms with E-state index in [1.165, 1.54) is 17.7 Å². The average molecular weight is 336 g/mol. The predicted octanol–water partition coefficient (Wildman–Crippen LogP) is 1.12. The molecule has 0 bridgehead atoms. The molecule has 0 spiro atoms. The van der Waals surface area contributed by atoms with Crippen LogP contribution in [-0.4, -0.2) is 55.5 Å². The van der Waals surface area contributed by atoms with Crippen molar-refractivity contribution in [2.45, 2.75) is 32.2 Å². The van der Waals surface area contributed by atoms with Crippen LogP contribution < -0.4 is 9.80 Å². The van der Waals surface area contributed by atoms with Gasteiger partial charge in [-0.05, 0) is 38.3 Å². The summed E-state index contributed by atoms with van der Waals surface area (Å²) in [5, 5.41) is 12.6. The van der Waals surface area contributed by atoms with Crippen molar-refractivity contribution in [3.63, 3.8) is 0 Å². The highest BCUT2D eigenvalue weighted by molar-refractivity contribution is 5.53. The molecule has 5 rings (SSSR count). The highest BCUT2D eigenvalue weighted by atomic mass is 15.4. The molecule has 0 saturated carbocycles. The van der Waals surface area contributed by atoms with E-state index in [1.54, 1.807) is 17.2 Å². The summed E-state index contributed by atoms with van der Waals surface area (Å²) in [5.74, 6) is 2.10. The van der Waals surface area contributed by atoms with Crippen molar-refractivity contribution in [3.8, 4) is 0 Å². The first-order valence-electron chi connectivity index (χ1n) is 8.81. The quantitative estimate of drug-likeness (QED) is 0.694.